The van der Waals surface area contributed by atoms with E-state index in [1.807, 2.05) is 42.9 Å². The van der Waals surface area contributed by atoms with E-state index < -0.39 is 0 Å². The molecule has 84 heavy (non-hydrogen) atoms. The van der Waals surface area contributed by atoms with Crippen molar-refractivity contribution >= 4 is 33.6 Å². The van der Waals surface area contributed by atoms with Crippen LogP contribution in [0.25, 0.3) is 50.7 Å². The quantitative estimate of drug-likeness (QED) is 0.142. The summed E-state index contributed by atoms with van der Waals surface area (Å²) in [5.74, 6) is 4.89. The molecule has 3 aromatic carbocycles. The minimum Gasteiger partial charge on any atom is -0.300 e. The predicted molar refractivity (Wildman–Crippen MR) is 333 cm³/mol. The van der Waals surface area contributed by atoms with Gasteiger partial charge in [-0.1, -0.05) is 87.6 Å². The number of hydrogen-bond acceptors (Lipinski definition) is 2. The summed E-state index contributed by atoms with van der Waals surface area (Å²) in [6.07, 6.45) is 28.2. The molecule has 0 N–H and O–H groups in total. The van der Waals surface area contributed by atoms with Crippen molar-refractivity contribution in [1.82, 2.24) is 50.2 Å². The smallest absolute Gasteiger partial charge is 0.300 e. The minimum atomic E-state index is 0. The van der Waals surface area contributed by atoms with E-state index in [-0.39, 0.29) is 14.9 Å². The van der Waals surface area contributed by atoms with E-state index in [9.17, 15) is 0 Å². The van der Waals surface area contributed by atoms with Gasteiger partial charge in [0.05, 0.1) is 63.2 Å². The van der Waals surface area contributed by atoms with Crippen molar-refractivity contribution in [1.29, 1.82) is 0 Å². The molecule has 12 aromatic heterocycles. The molecule has 424 valence electrons. The second-order valence-electron chi connectivity index (χ2n) is 21.8. The standard InChI is InChI=1S/2C12H13N2.2C11H12N3.C11H10N2.C10H9N3.2CH4/c1-9-12-7-10-5-3-4-6-11(10)14(12)8-13(9)2;1-9-8-14-11-6-4-3-5-10(11)7-12(14)13(9)2;1-9-12(2)8-11-13-6-4-3-5-10(13)7-14(9)11;1-9-7-13-8-10-5-3-4-6-14(10)11(13)12(9)2;1-8-12-7-10-6-9-4-2-3-5-11(9)13(8)10;1-8-10-12(7-11-8)6-9-4-2-3-5-13(9)10;;/h2*3-6,8H,7H2,1-2H3;2*3-8H,1-2H3;2-5,7H,6H2,1H3;2-7H,1H3;2*1H4/q4*+1;;;;. The summed E-state index contributed by atoms with van der Waals surface area (Å²) >= 11 is 0. The highest BCUT2D eigenvalue weighted by Crippen LogP contribution is 2.29. The lowest BCUT2D eigenvalue weighted by Crippen LogP contribution is -2.29. The summed E-state index contributed by atoms with van der Waals surface area (Å²) in [4.78, 5) is 8.55. The SMILES string of the molecule is C.C.Cc1c2[n+](cn1C)-c1ccccc1C2.Cc1c[n+]2c(n1C)Cc1ccccc1-2.Cc1c[n+]2cc3ccccn3c2n1C.Cc1n2cc3ccccn3c2c[n+]1C.Cc1ncc2n1-c1ccccc1C2.Cc1ncn2cc3ccccn3c12. The molecule has 15 heteroatoms. The lowest BCUT2D eigenvalue weighted by atomic mass is 10.1. The monoisotopic (exact) mass is 1120 g/mol. The van der Waals surface area contributed by atoms with Gasteiger partial charge in [0.1, 0.15) is 76.6 Å². The molecule has 0 unspecified atom stereocenters. The molecular weight excluding hydrogens is 1040 g/mol. The van der Waals surface area contributed by atoms with Crippen molar-refractivity contribution in [2.24, 2.45) is 28.2 Å². The normalized spacial score (nSPS) is 11.8. The van der Waals surface area contributed by atoms with Crippen LogP contribution in [0.4, 0.5) is 0 Å². The lowest BCUT2D eigenvalue weighted by Gasteiger charge is -2.02. The van der Waals surface area contributed by atoms with Gasteiger partial charge in [-0.15, -0.1) is 0 Å². The zero-order valence-corrected chi connectivity index (χ0v) is 48.4. The van der Waals surface area contributed by atoms with Crippen molar-refractivity contribution in [3.8, 4) is 17.1 Å². The van der Waals surface area contributed by atoms with Crippen LogP contribution in [0.15, 0.2) is 202 Å². The van der Waals surface area contributed by atoms with Crippen molar-refractivity contribution in [3.05, 3.63) is 270 Å². The molecule has 0 atom stereocenters. The summed E-state index contributed by atoms with van der Waals surface area (Å²) in [6.45, 7) is 12.6. The number of pyridine rings is 3. The Morgan fingerprint density at radius 3 is 1.87 bits per heavy atom. The third-order valence-electron chi connectivity index (χ3n) is 16.8. The molecule has 0 fully saturated rings. The Bertz CT molecular complexity index is 4770. The number of fused-ring (bicyclic) bond motifs is 18. The summed E-state index contributed by atoms with van der Waals surface area (Å²) < 4.78 is 28.5. The van der Waals surface area contributed by atoms with Gasteiger partial charge < -0.3 is 4.57 Å². The van der Waals surface area contributed by atoms with E-state index in [0.717, 1.165) is 36.4 Å². The average Bonchev–Trinajstić information content (AvgIpc) is 4.38. The minimum absolute atomic E-state index is 0. The second kappa shape index (κ2) is 22.4. The maximum atomic E-state index is 4.30. The van der Waals surface area contributed by atoms with Crippen LogP contribution in [-0.2, 0) is 47.5 Å². The van der Waals surface area contributed by atoms with E-state index in [1.165, 1.54) is 102 Å². The largest absolute Gasteiger partial charge is 0.374 e. The third kappa shape index (κ3) is 9.64. The molecule has 15 aromatic rings. The van der Waals surface area contributed by atoms with E-state index >= 15 is 0 Å². The second-order valence-corrected chi connectivity index (χ2v) is 21.8. The molecule has 0 aliphatic carbocycles. The number of para-hydroxylation sites is 3. The molecule has 15 nitrogen and oxygen atoms in total. The molecule has 15 heterocycles. The molecule has 0 amide bonds. The van der Waals surface area contributed by atoms with E-state index in [4.69, 9.17) is 0 Å². The van der Waals surface area contributed by atoms with Gasteiger partial charge in [-0.3, -0.25) is 13.2 Å². The maximum absolute atomic E-state index is 4.30. The average molecular weight is 1120 g/mol. The van der Waals surface area contributed by atoms with Gasteiger partial charge in [-0.2, -0.15) is 13.5 Å². The van der Waals surface area contributed by atoms with E-state index in [2.05, 4.69) is 297 Å². The van der Waals surface area contributed by atoms with Crippen LogP contribution < -0.4 is 18.1 Å². The molecular formula is C69H77N15+4. The van der Waals surface area contributed by atoms with Crippen LogP contribution in [0.2, 0.25) is 0 Å². The van der Waals surface area contributed by atoms with E-state index in [0.29, 0.717) is 0 Å². The number of nitrogens with zero attached hydrogens (tertiary/aromatic N) is 15. The van der Waals surface area contributed by atoms with Crippen LogP contribution >= 0.6 is 0 Å². The van der Waals surface area contributed by atoms with E-state index in [1.54, 1.807) is 0 Å². The molecule has 3 aliphatic heterocycles. The zero-order chi connectivity index (χ0) is 56.5. The van der Waals surface area contributed by atoms with Crippen LogP contribution in [0.5, 0.6) is 0 Å². The van der Waals surface area contributed by atoms with Gasteiger partial charge in [-0.25, -0.2) is 37.0 Å². The first-order chi connectivity index (χ1) is 39.8. The Kier molecular flexibility index (Phi) is 14.9. The van der Waals surface area contributed by atoms with Crippen molar-refractivity contribution in [2.45, 2.75) is 75.7 Å². The number of benzene rings is 3. The molecule has 0 saturated heterocycles. The molecule has 18 rings (SSSR count). The summed E-state index contributed by atoms with van der Waals surface area (Å²) in [5, 5.41) is 0. The highest BCUT2D eigenvalue weighted by molar-refractivity contribution is 5.60. The molecule has 0 saturated carbocycles. The first-order valence-electron chi connectivity index (χ1n) is 28.0. The van der Waals surface area contributed by atoms with Gasteiger partial charge in [0.25, 0.3) is 17.3 Å². The Hall–Kier alpha value is -10.0. The maximum Gasteiger partial charge on any atom is 0.374 e. The number of aromatic nitrogens is 15. The van der Waals surface area contributed by atoms with Crippen molar-refractivity contribution in [3.63, 3.8) is 0 Å². The van der Waals surface area contributed by atoms with Gasteiger partial charge >= 0.3 is 5.78 Å². The molecule has 0 radical (unpaired) electrons. The Morgan fingerprint density at radius 2 is 1.13 bits per heavy atom. The first-order valence-corrected chi connectivity index (χ1v) is 28.0. The topological polar surface area (TPSA) is 83.3 Å². The Balaban J connectivity index is 0.000000105. The van der Waals surface area contributed by atoms with Crippen molar-refractivity contribution in [2.75, 3.05) is 0 Å². The Labute approximate surface area is 491 Å². The fraction of sp³-hybridized carbons (Fsp3) is 0.217. The molecule has 0 bridgehead atoms. The highest BCUT2D eigenvalue weighted by atomic mass is 15.2. The molecule has 0 spiro atoms. The summed E-state index contributed by atoms with van der Waals surface area (Å²) in [6, 6.07) is 44.3. The Morgan fingerprint density at radius 1 is 0.524 bits per heavy atom. The summed E-state index contributed by atoms with van der Waals surface area (Å²) in [5.41, 5.74) is 22.0. The fourth-order valence-electron chi connectivity index (χ4n) is 12.0. The lowest BCUT2D eigenvalue weighted by molar-refractivity contribution is -0.676. The first kappa shape index (κ1) is 55.9. The van der Waals surface area contributed by atoms with Gasteiger partial charge in [0.15, 0.2) is 11.9 Å². The fourth-order valence-corrected chi connectivity index (χ4v) is 12.0. The predicted octanol–water partition coefficient (Wildman–Crippen LogP) is 10.9. The number of aryl methyl sites for hydroxylation is 8. The van der Waals surface area contributed by atoms with Gasteiger partial charge in [0.2, 0.25) is 6.33 Å². The number of imidazole rings is 9. The van der Waals surface area contributed by atoms with Crippen molar-refractivity contribution < 1.29 is 18.1 Å². The van der Waals surface area contributed by atoms with Gasteiger partial charge in [0, 0.05) is 75.2 Å². The van der Waals surface area contributed by atoms with Crippen LogP contribution in [0, 0.1) is 41.5 Å². The van der Waals surface area contributed by atoms with Gasteiger partial charge in [-0.05, 0) is 80.9 Å². The van der Waals surface area contributed by atoms with Crippen LogP contribution in [-0.4, -0.2) is 50.2 Å². The zero-order valence-electron chi connectivity index (χ0n) is 48.4. The molecule has 3 aliphatic rings. The summed E-state index contributed by atoms with van der Waals surface area (Å²) in [7, 11) is 8.39. The third-order valence-corrected chi connectivity index (χ3v) is 16.8. The highest BCUT2D eigenvalue weighted by Gasteiger charge is 2.30. The van der Waals surface area contributed by atoms with Crippen LogP contribution in [0.1, 0.15) is 83.2 Å². The number of rotatable bonds is 0. The number of hydrogen-bond donors (Lipinski definition) is 0. The van der Waals surface area contributed by atoms with Crippen LogP contribution in [0.3, 0.4) is 0 Å².